The summed E-state index contributed by atoms with van der Waals surface area (Å²) in [5.74, 6) is 1.56. The molecule has 0 bridgehead atoms. The molecule has 4 fully saturated rings. The molecule has 7 heterocycles. The van der Waals surface area contributed by atoms with Crippen LogP contribution >= 0.6 is 11.6 Å². The van der Waals surface area contributed by atoms with Gasteiger partial charge in [0.2, 0.25) is 11.9 Å². The molecule has 20 heteroatoms. The Labute approximate surface area is 480 Å². The number of anilines is 6. The number of benzene rings is 3. The Morgan fingerprint density at radius 2 is 1.68 bits per heavy atom. The van der Waals surface area contributed by atoms with E-state index >= 15 is 4.79 Å². The number of aromatic nitrogens is 4. The van der Waals surface area contributed by atoms with Crippen molar-refractivity contribution in [2.45, 2.75) is 114 Å². The van der Waals surface area contributed by atoms with Crippen molar-refractivity contribution in [2.75, 3.05) is 112 Å². The van der Waals surface area contributed by atoms with Gasteiger partial charge >= 0.3 is 6.01 Å². The third-order valence-electron chi connectivity index (χ3n) is 17.7. The fourth-order valence-corrected chi connectivity index (χ4v) is 13.4. The fraction of sp³-hybridized carbons (Fsp3) is 0.508. The standard InChI is InChI=1S/C61H75ClN14O5/c1-7-49-59(79)71(5)52-34-64-60(67-56(52)76(49)43-15-8-9-16-43)75(50-21-20-41(33-53(50)80-6)57(77)65-42-23-28-69(3)29-24-42)35-39(2)58(78)74-32-31-73(36-44(74)22-26-63)55-46-25-30-72(51-19-11-14-40-13-10-18-47(62)54(40)51)37-48(46)66-61(68-55)81-38-45-17-12-27-70(45)4/h10-11,13-14,18-21,33-34,42-45,49H,2,7-9,12,15-17,22-25,27-32,35-38H2,1,3-6H3,(H,65,77)/t44?,45-,49+/m0/s1. The van der Waals surface area contributed by atoms with Crippen molar-refractivity contribution in [1.82, 2.24) is 40.0 Å². The lowest BCUT2D eigenvalue weighted by atomic mass is 10.0. The number of nitriles is 1. The predicted molar refractivity (Wildman–Crippen MR) is 316 cm³/mol. The second kappa shape index (κ2) is 24.1. The summed E-state index contributed by atoms with van der Waals surface area (Å²) in [4.78, 5) is 79.9. The first-order valence-corrected chi connectivity index (χ1v) is 29.3. The van der Waals surface area contributed by atoms with Crippen molar-refractivity contribution in [2.24, 2.45) is 0 Å². The van der Waals surface area contributed by atoms with Gasteiger partial charge in [-0.1, -0.05) is 62.2 Å². The molecule has 1 unspecified atom stereocenters. The second-order valence-electron chi connectivity index (χ2n) is 22.8. The molecule has 6 aliphatic rings. The first kappa shape index (κ1) is 55.6. The summed E-state index contributed by atoms with van der Waals surface area (Å²) < 4.78 is 12.6. The van der Waals surface area contributed by atoms with E-state index in [1.165, 1.54) is 0 Å². The highest BCUT2D eigenvalue weighted by Gasteiger charge is 2.42. The van der Waals surface area contributed by atoms with Crippen LogP contribution < -0.4 is 39.3 Å². The number of amides is 3. The Balaban J connectivity index is 0.893. The van der Waals surface area contributed by atoms with Gasteiger partial charge in [-0.15, -0.1) is 0 Å². The number of hydrogen-bond acceptors (Lipinski definition) is 16. The summed E-state index contributed by atoms with van der Waals surface area (Å²) in [6, 6.07) is 19.7. The molecule has 81 heavy (non-hydrogen) atoms. The molecule has 5 aromatic rings. The third kappa shape index (κ3) is 11.3. The number of fused-ring (bicyclic) bond motifs is 3. The Morgan fingerprint density at radius 1 is 0.889 bits per heavy atom. The Morgan fingerprint density at radius 3 is 2.42 bits per heavy atom. The van der Waals surface area contributed by atoms with Gasteiger partial charge in [0.1, 0.15) is 29.9 Å². The normalized spacial score (nSPS) is 21.0. The number of likely N-dealkylation sites (N-methyl/N-ethyl adjacent to an activating group) is 2. The average Bonchev–Trinajstić information content (AvgIpc) is 4.36. The van der Waals surface area contributed by atoms with Gasteiger partial charge in [0.25, 0.3) is 11.8 Å². The van der Waals surface area contributed by atoms with E-state index in [9.17, 15) is 14.9 Å². The molecule has 11 rings (SSSR count). The number of piperazine rings is 1. The van der Waals surface area contributed by atoms with Crippen LogP contribution in [-0.4, -0.2) is 170 Å². The molecule has 1 aliphatic carbocycles. The highest BCUT2D eigenvalue weighted by Crippen LogP contribution is 2.43. The van der Waals surface area contributed by atoms with Gasteiger partial charge in [0.05, 0.1) is 61.3 Å². The average molecular weight is 1120 g/mol. The number of piperidine rings is 1. The molecule has 1 saturated carbocycles. The lowest BCUT2D eigenvalue weighted by Gasteiger charge is -2.44. The number of likely N-dealkylation sites (tertiary alicyclic amines) is 2. The van der Waals surface area contributed by atoms with Crippen molar-refractivity contribution in [3.05, 3.63) is 94.8 Å². The fourth-order valence-electron chi connectivity index (χ4n) is 13.1. The molecule has 3 saturated heterocycles. The summed E-state index contributed by atoms with van der Waals surface area (Å²) in [5, 5.41) is 16.4. The number of methoxy groups -OCH3 is 1. The minimum Gasteiger partial charge on any atom is -0.495 e. The van der Waals surface area contributed by atoms with Crippen molar-refractivity contribution >= 4 is 74.7 Å². The smallest absolute Gasteiger partial charge is 0.318 e. The summed E-state index contributed by atoms with van der Waals surface area (Å²) >= 11 is 6.87. The zero-order valence-corrected chi connectivity index (χ0v) is 48.2. The van der Waals surface area contributed by atoms with Crippen LogP contribution in [-0.2, 0) is 22.6 Å². The SMILES string of the molecule is C=C(CN(c1ncc2c(n1)N(C1CCCC1)[C@H](CC)C(=O)N2C)c1ccc(C(=O)NC2CCN(C)CC2)cc1OC)C(=O)N1CCN(c2nc(OC[C@@H]3CCCN3C)nc3c2CCN(c2cccc4cccc(Cl)c24)C3)CC1CC#N. The third-order valence-corrected chi connectivity index (χ3v) is 18.0. The van der Waals surface area contributed by atoms with Crippen LogP contribution in [0.3, 0.4) is 0 Å². The maximum Gasteiger partial charge on any atom is 0.318 e. The molecule has 5 aliphatic heterocycles. The van der Waals surface area contributed by atoms with Gasteiger partial charge in [-0.3, -0.25) is 14.4 Å². The van der Waals surface area contributed by atoms with Crippen molar-refractivity contribution in [3.63, 3.8) is 0 Å². The van der Waals surface area contributed by atoms with E-state index in [0.29, 0.717) is 91.7 Å². The molecular weight excluding hydrogens is 1040 g/mol. The Hall–Kier alpha value is -7.27. The number of rotatable bonds is 16. The van der Waals surface area contributed by atoms with Crippen molar-refractivity contribution < 1.29 is 23.9 Å². The Kier molecular flexibility index (Phi) is 16.5. The van der Waals surface area contributed by atoms with Gasteiger partial charge in [-0.05, 0) is 121 Å². The maximum absolute atomic E-state index is 15.2. The zero-order chi connectivity index (χ0) is 56.5. The zero-order valence-electron chi connectivity index (χ0n) is 47.4. The van der Waals surface area contributed by atoms with E-state index in [2.05, 4.69) is 80.8 Å². The van der Waals surface area contributed by atoms with E-state index in [0.717, 1.165) is 105 Å². The van der Waals surface area contributed by atoms with Crippen molar-refractivity contribution in [3.8, 4) is 17.8 Å². The number of hydrogen-bond donors (Lipinski definition) is 1. The number of ether oxygens (including phenoxy) is 2. The Bertz CT molecular complexity index is 3230. The van der Waals surface area contributed by atoms with Crippen LogP contribution in [0.25, 0.3) is 10.8 Å². The highest BCUT2D eigenvalue weighted by atomic mass is 35.5. The van der Waals surface area contributed by atoms with Crippen LogP contribution in [0.5, 0.6) is 11.8 Å². The van der Waals surface area contributed by atoms with E-state index < -0.39 is 12.1 Å². The summed E-state index contributed by atoms with van der Waals surface area (Å²) in [7, 11) is 7.54. The van der Waals surface area contributed by atoms with Crippen LogP contribution in [0.2, 0.25) is 5.02 Å². The van der Waals surface area contributed by atoms with Gasteiger partial charge < -0.3 is 54.0 Å². The summed E-state index contributed by atoms with van der Waals surface area (Å²) in [6.07, 6.45) is 10.9. The lowest BCUT2D eigenvalue weighted by molar-refractivity contribution is -0.129. The van der Waals surface area contributed by atoms with Gasteiger partial charge in [0, 0.05) is 79.1 Å². The van der Waals surface area contributed by atoms with E-state index in [1.54, 1.807) is 42.3 Å². The number of halogens is 1. The molecule has 0 spiro atoms. The number of nitrogens with zero attached hydrogens (tertiary/aromatic N) is 13. The summed E-state index contributed by atoms with van der Waals surface area (Å²) in [6.45, 7) is 12.0. The lowest BCUT2D eigenvalue weighted by Crippen LogP contribution is -2.56. The quantitative estimate of drug-likeness (QED) is 0.0945. The van der Waals surface area contributed by atoms with E-state index in [-0.39, 0.29) is 60.3 Å². The molecule has 2 aromatic heterocycles. The largest absolute Gasteiger partial charge is 0.495 e. The predicted octanol–water partition coefficient (Wildman–Crippen LogP) is 7.77. The number of nitrogens with one attached hydrogen (secondary N) is 1. The number of carbonyl (C=O) groups excluding carboxylic acids is 3. The van der Waals surface area contributed by atoms with E-state index in [1.807, 2.05) is 30.0 Å². The minimum absolute atomic E-state index is 0.00175. The van der Waals surface area contributed by atoms with Crippen molar-refractivity contribution in [1.29, 1.82) is 5.26 Å². The second-order valence-corrected chi connectivity index (χ2v) is 23.2. The molecule has 1 N–H and O–H groups in total. The van der Waals surface area contributed by atoms with Gasteiger partial charge in [0.15, 0.2) is 5.82 Å². The molecular formula is C61H75ClN14O5. The molecule has 3 amide bonds. The van der Waals surface area contributed by atoms with Crippen LogP contribution in [0, 0.1) is 11.3 Å². The summed E-state index contributed by atoms with van der Waals surface area (Å²) in [5.41, 5.74) is 4.74. The van der Waals surface area contributed by atoms with E-state index in [4.69, 9.17) is 41.0 Å². The molecule has 3 atom stereocenters. The molecule has 426 valence electrons. The molecule has 0 radical (unpaired) electrons. The molecule has 3 aromatic carbocycles. The highest BCUT2D eigenvalue weighted by molar-refractivity contribution is 6.36. The number of carbonyl (C=O) groups is 3. The van der Waals surface area contributed by atoms with Crippen LogP contribution in [0.1, 0.15) is 92.7 Å². The van der Waals surface area contributed by atoms with Gasteiger partial charge in [-0.2, -0.15) is 20.2 Å². The van der Waals surface area contributed by atoms with Gasteiger partial charge in [-0.25, -0.2) is 4.98 Å². The van der Waals surface area contributed by atoms with Crippen LogP contribution in [0.4, 0.5) is 34.6 Å². The first-order chi connectivity index (χ1) is 39.3. The first-order valence-electron chi connectivity index (χ1n) is 29.0. The minimum atomic E-state index is -0.516. The topological polar surface area (TPSA) is 183 Å². The maximum atomic E-state index is 15.2. The molecule has 19 nitrogen and oxygen atoms in total. The van der Waals surface area contributed by atoms with Crippen LogP contribution in [0.15, 0.2) is 72.9 Å². The monoisotopic (exact) mass is 1120 g/mol.